The van der Waals surface area contributed by atoms with Crippen LogP contribution in [0.3, 0.4) is 0 Å². The van der Waals surface area contributed by atoms with Crippen LogP contribution in [-0.2, 0) is 11.3 Å². The van der Waals surface area contributed by atoms with Crippen LogP contribution in [0, 0.1) is 0 Å². The molecule has 3 rings (SSSR count). The van der Waals surface area contributed by atoms with Gasteiger partial charge in [-0.15, -0.1) is 0 Å². The number of rotatable bonds is 3. The molecule has 1 heterocycles. The molecule has 0 aliphatic rings. The molecule has 1 amide bonds. The highest BCUT2D eigenvalue weighted by molar-refractivity contribution is 7.16. The Bertz CT molecular complexity index is 888. The van der Waals surface area contributed by atoms with Crippen LogP contribution in [0.25, 0.3) is 16.3 Å². The monoisotopic (exact) mass is 308 g/mol. The number of hydrogen-bond acceptors (Lipinski definition) is 2. The maximum Gasteiger partial charge on any atom is 0.272 e. The SMILES string of the molecule is CCn1c(=NC(=O)C=Cc2ccccc2)sc2ccccc21. The number of benzene rings is 2. The topological polar surface area (TPSA) is 34.4 Å². The quantitative estimate of drug-likeness (QED) is 0.676. The summed E-state index contributed by atoms with van der Waals surface area (Å²) in [5, 5.41) is 0. The summed E-state index contributed by atoms with van der Waals surface area (Å²) >= 11 is 1.54. The highest BCUT2D eigenvalue weighted by atomic mass is 32.1. The summed E-state index contributed by atoms with van der Waals surface area (Å²) in [7, 11) is 0. The molecular formula is C18H16N2OS. The van der Waals surface area contributed by atoms with E-state index in [9.17, 15) is 4.79 Å². The van der Waals surface area contributed by atoms with Crippen LogP contribution >= 0.6 is 11.3 Å². The maximum atomic E-state index is 12.1. The lowest BCUT2D eigenvalue weighted by molar-refractivity contribution is -0.113. The number of hydrogen-bond donors (Lipinski definition) is 0. The Balaban J connectivity index is 1.95. The first-order valence-electron chi connectivity index (χ1n) is 7.18. The number of aromatic nitrogens is 1. The Morgan fingerprint density at radius 1 is 1.14 bits per heavy atom. The fourth-order valence-electron chi connectivity index (χ4n) is 2.27. The largest absolute Gasteiger partial charge is 0.317 e. The van der Waals surface area contributed by atoms with Gasteiger partial charge in [0.05, 0.1) is 10.2 Å². The number of nitrogens with zero attached hydrogens (tertiary/aromatic N) is 2. The second kappa shape index (κ2) is 6.54. The summed E-state index contributed by atoms with van der Waals surface area (Å²) in [6, 6.07) is 17.8. The van der Waals surface area contributed by atoms with Gasteiger partial charge in [0.15, 0.2) is 4.80 Å². The van der Waals surface area contributed by atoms with Gasteiger partial charge in [-0.25, -0.2) is 0 Å². The van der Waals surface area contributed by atoms with Crippen LogP contribution in [0.4, 0.5) is 0 Å². The summed E-state index contributed by atoms with van der Waals surface area (Å²) in [6.45, 7) is 2.85. The second-order valence-corrected chi connectivity index (χ2v) is 5.80. The number of para-hydroxylation sites is 1. The van der Waals surface area contributed by atoms with E-state index >= 15 is 0 Å². The van der Waals surface area contributed by atoms with E-state index in [2.05, 4.69) is 28.6 Å². The number of thiazole rings is 1. The van der Waals surface area contributed by atoms with E-state index in [1.54, 1.807) is 17.4 Å². The van der Waals surface area contributed by atoms with Crippen molar-refractivity contribution in [1.29, 1.82) is 0 Å². The lowest BCUT2D eigenvalue weighted by atomic mass is 10.2. The van der Waals surface area contributed by atoms with Gasteiger partial charge >= 0.3 is 0 Å². The minimum Gasteiger partial charge on any atom is -0.317 e. The summed E-state index contributed by atoms with van der Waals surface area (Å²) in [4.78, 5) is 17.1. The van der Waals surface area contributed by atoms with Crippen molar-refractivity contribution < 1.29 is 4.79 Å². The van der Waals surface area contributed by atoms with Gasteiger partial charge in [0.1, 0.15) is 0 Å². The Morgan fingerprint density at radius 3 is 2.64 bits per heavy atom. The van der Waals surface area contributed by atoms with Crippen LogP contribution < -0.4 is 4.80 Å². The highest BCUT2D eigenvalue weighted by Gasteiger charge is 2.04. The van der Waals surface area contributed by atoms with Crippen molar-refractivity contribution in [3.63, 3.8) is 0 Å². The molecule has 0 aliphatic heterocycles. The van der Waals surface area contributed by atoms with Crippen LogP contribution in [0.2, 0.25) is 0 Å². The van der Waals surface area contributed by atoms with Gasteiger partial charge in [-0.3, -0.25) is 4.79 Å². The molecule has 0 saturated heterocycles. The molecule has 0 bridgehead atoms. The Hall–Kier alpha value is -2.46. The Labute approximate surface area is 132 Å². The van der Waals surface area contributed by atoms with Crippen LogP contribution in [-0.4, -0.2) is 10.5 Å². The smallest absolute Gasteiger partial charge is 0.272 e. The molecule has 1 aromatic heterocycles. The zero-order chi connectivity index (χ0) is 15.4. The molecule has 110 valence electrons. The molecule has 3 nitrogen and oxygen atoms in total. The first kappa shape index (κ1) is 14.5. The normalized spacial score (nSPS) is 12.3. The lowest BCUT2D eigenvalue weighted by Gasteiger charge is -1.98. The molecule has 0 saturated carbocycles. The fraction of sp³-hybridized carbons (Fsp3) is 0.111. The number of fused-ring (bicyclic) bond motifs is 1. The fourth-order valence-corrected chi connectivity index (χ4v) is 3.37. The molecule has 0 atom stereocenters. The van der Waals surface area contributed by atoms with Crippen molar-refractivity contribution >= 4 is 33.5 Å². The van der Waals surface area contributed by atoms with Crippen molar-refractivity contribution in [2.75, 3.05) is 0 Å². The van der Waals surface area contributed by atoms with E-state index in [1.807, 2.05) is 42.5 Å². The molecular weight excluding hydrogens is 292 g/mol. The summed E-state index contributed by atoms with van der Waals surface area (Å²) in [5.74, 6) is -0.238. The number of carbonyl (C=O) groups excluding carboxylic acids is 1. The summed E-state index contributed by atoms with van der Waals surface area (Å²) < 4.78 is 3.21. The summed E-state index contributed by atoms with van der Waals surface area (Å²) in [5.41, 5.74) is 2.11. The average molecular weight is 308 g/mol. The third-order valence-corrected chi connectivity index (χ3v) is 4.39. The molecule has 4 heteroatoms. The average Bonchev–Trinajstić information content (AvgIpc) is 2.91. The maximum absolute atomic E-state index is 12.1. The van der Waals surface area contributed by atoms with E-state index in [4.69, 9.17) is 0 Å². The number of aryl methyl sites for hydroxylation is 1. The molecule has 0 fully saturated rings. The van der Waals surface area contributed by atoms with E-state index in [0.717, 1.165) is 27.1 Å². The third-order valence-electron chi connectivity index (χ3n) is 3.33. The van der Waals surface area contributed by atoms with Crippen molar-refractivity contribution in [1.82, 2.24) is 4.57 Å². The Kier molecular flexibility index (Phi) is 4.30. The third kappa shape index (κ3) is 3.07. The molecule has 2 aromatic carbocycles. The molecule has 3 aromatic rings. The summed E-state index contributed by atoms with van der Waals surface area (Å²) in [6.07, 6.45) is 3.30. The van der Waals surface area contributed by atoms with Crippen molar-refractivity contribution in [3.05, 3.63) is 71.0 Å². The van der Waals surface area contributed by atoms with Gasteiger partial charge in [0, 0.05) is 12.6 Å². The highest BCUT2D eigenvalue weighted by Crippen LogP contribution is 2.16. The van der Waals surface area contributed by atoms with Crippen molar-refractivity contribution in [2.45, 2.75) is 13.5 Å². The first-order valence-corrected chi connectivity index (χ1v) is 8.00. The van der Waals surface area contributed by atoms with Gasteiger partial charge in [-0.2, -0.15) is 4.99 Å². The van der Waals surface area contributed by atoms with Gasteiger partial charge in [-0.05, 0) is 30.7 Å². The van der Waals surface area contributed by atoms with Gasteiger partial charge < -0.3 is 4.57 Å². The van der Waals surface area contributed by atoms with Gasteiger partial charge in [0.25, 0.3) is 5.91 Å². The van der Waals surface area contributed by atoms with Gasteiger partial charge in [0.2, 0.25) is 0 Å². The van der Waals surface area contributed by atoms with E-state index in [1.165, 1.54) is 6.08 Å². The molecule has 0 radical (unpaired) electrons. The number of carbonyl (C=O) groups is 1. The van der Waals surface area contributed by atoms with E-state index in [-0.39, 0.29) is 5.91 Å². The zero-order valence-corrected chi connectivity index (χ0v) is 13.1. The van der Waals surface area contributed by atoms with Crippen LogP contribution in [0.15, 0.2) is 65.7 Å². The predicted molar refractivity (Wildman–Crippen MR) is 91.5 cm³/mol. The van der Waals surface area contributed by atoms with Crippen molar-refractivity contribution in [3.8, 4) is 0 Å². The molecule has 0 unspecified atom stereocenters. The van der Waals surface area contributed by atoms with Gasteiger partial charge in [-0.1, -0.05) is 53.8 Å². The molecule has 22 heavy (non-hydrogen) atoms. The predicted octanol–water partition coefficient (Wildman–Crippen LogP) is 3.86. The van der Waals surface area contributed by atoms with Crippen molar-refractivity contribution in [2.24, 2.45) is 4.99 Å². The van der Waals surface area contributed by atoms with E-state index < -0.39 is 0 Å². The molecule has 0 N–H and O–H groups in total. The van der Waals surface area contributed by atoms with Crippen LogP contribution in [0.1, 0.15) is 12.5 Å². The minimum absolute atomic E-state index is 0.238. The first-order chi connectivity index (χ1) is 10.8. The minimum atomic E-state index is -0.238. The Morgan fingerprint density at radius 2 is 1.86 bits per heavy atom. The standard InChI is InChI=1S/C18H16N2OS/c1-2-20-15-10-6-7-11-16(15)22-18(20)19-17(21)13-12-14-8-4-3-5-9-14/h3-13H,2H2,1H3. The molecule has 0 aliphatic carbocycles. The lowest BCUT2D eigenvalue weighted by Crippen LogP contribution is -2.15. The number of amides is 1. The van der Waals surface area contributed by atoms with E-state index in [0.29, 0.717) is 0 Å². The second-order valence-electron chi connectivity index (χ2n) is 4.79. The zero-order valence-electron chi connectivity index (χ0n) is 12.3. The molecule has 0 spiro atoms. The van der Waals surface area contributed by atoms with Crippen LogP contribution in [0.5, 0.6) is 0 Å².